The minimum atomic E-state index is -0.888. The Bertz CT molecular complexity index is 228. The quantitative estimate of drug-likeness (QED) is 0.616. The summed E-state index contributed by atoms with van der Waals surface area (Å²) in [7, 11) is 0. The summed E-state index contributed by atoms with van der Waals surface area (Å²) in [5.74, 6) is -0.414. The van der Waals surface area contributed by atoms with Gasteiger partial charge in [-0.15, -0.1) is 0 Å². The van der Waals surface area contributed by atoms with Crippen LogP contribution in [0.1, 0.15) is 65.7 Å². The number of rotatable bonds is 9. The van der Waals surface area contributed by atoms with E-state index in [9.17, 15) is 9.59 Å². The SMILES string of the molecule is CCCCC(CCCC)(C(N)=O)C(=O)CC. The zero-order chi connectivity index (χ0) is 12.6. The smallest absolute Gasteiger partial charge is 0.231 e. The van der Waals surface area contributed by atoms with Crippen LogP contribution in [0.4, 0.5) is 0 Å². The summed E-state index contributed by atoms with van der Waals surface area (Å²) in [6.07, 6.45) is 5.38. The molecule has 0 radical (unpaired) electrons. The number of nitrogens with two attached hydrogens (primary N) is 1. The van der Waals surface area contributed by atoms with Crippen molar-refractivity contribution in [2.45, 2.75) is 65.7 Å². The number of hydrogen-bond donors (Lipinski definition) is 1. The largest absolute Gasteiger partial charge is 0.369 e. The van der Waals surface area contributed by atoms with Gasteiger partial charge in [-0.25, -0.2) is 0 Å². The summed E-state index contributed by atoms with van der Waals surface area (Å²) >= 11 is 0. The first-order valence-electron chi connectivity index (χ1n) is 6.38. The van der Waals surface area contributed by atoms with E-state index < -0.39 is 11.3 Å². The Morgan fingerprint density at radius 1 is 1.00 bits per heavy atom. The van der Waals surface area contributed by atoms with Gasteiger partial charge in [0.15, 0.2) is 0 Å². The molecule has 0 rings (SSSR count). The maximum atomic E-state index is 12.0. The van der Waals surface area contributed by atoms with Crippen LogP contribution in [0.2, 0.25) is 0 Å². The van der Waals surface area contributed by atoms with E-state index in [2.05, 4.69) is 13.8 Å². The first kappa shape index (κ1) is 15.1. The van der Waals surface area contributed by atoms with Crippen LogP contribution in [0.25, 0.3) is 0 Å². The number of Topliss-reactive ketones (excluding diaryl/α,β-unsaturated/α-hetero) is 1. The summed E-state index contributed by atoms with van der Waals surface area (Å²) in [5.41, 5.74) is 4.58. The van der Waals surface area contributed by atoms with Gasteiger partial charge in [-0.05, 0) is 12.8 Å². The van der Waals surface area contributed by atoms with Gasteiger partial charge in [0.25, 0.3) is 0 Å². The van der Waals surface area contributed by atoms with E-state index in [0.717, 1.165) is 25.7 Å². The number of primary amides is 1. The van der Waals surface area contributed by atoms with Crippen molar-refractivity contribution in [3.63, 3.8) is 0 Å². The Labute approximate surface area is 98.8 Å². The molecule has 3 heteroatoms. The van der Waals surface area contributed by atoms with Crippen molar-refractivity contribution >= 4 is 11.7 Å². The number of carbonyl (C=O) groups is 2. The van der Waals surface area contributed by atoms with Gasteiger partial charge in [0.05, 0.1) is 0 Å². The highest BCUT2D eigenvalue weighted by molar-refractivity contribution is 6.05. The highest BCUT2D eigenvalue weighted by Crippen LogP contribution is 2.33. The summed E-state index contributed by atoms with van der Waals surface area (Å²) in [6, 6.07) is 0. The summed E-state index contributed by atoms with van der Waals surface area (Å²) in [4.78, 5) is 23.6. The van der Waals surface area contributed by atoms with E-state index in [1.165, 1.54) is 0 Å². The summed E-state index contributed by atoms with van der Waals surface area (Å²) in [6.45, 7) is 5.92. The van der Waals surface area contributed by atoms with Gasteiger partial charge >= 0.3 is 0 Å². The van der Waals surface area contributed by atoms with E-state index in [0.29, 0.717) is 19.3 Å². The van der Waals surface area contributed by atoms with Crippen molar-refractivity contribution in [2.24, 2.45) is 11.1 Å². The van der Waals surface area contributed by atoms with Crippen LogP contribution in [-0.4, -0.2) is 11.7 Å². The van der Waals surface area contributed by atoms with Gasteiger partial charge in [0.1, 0.15) is 11.2 Å². The molecule has 2 N–H and O–H groups in total. The molecule has 0 aromatic heterocycles. The molecule has 0 bridgehead atoms. The van der Waals surface area contributed by atoms with Crippen molar-refractivity contribution in [3.05, 3.63) is 0 Å². The highest BCUT2D eigenvalue weighted by atomic mass is 16.2. The second-order valence-electron chi connectivity index (χ2n) is 4.43. The van der Waals surface area contributed by atoms with E-state index in [4.69, 9.17) is 5.73 Å². The molecule has 0 aromatic carbocycles. The van der Waals surface area contributed by atoms with Crippen LogP contribution >= 0.6 is 0 Å². The Balaban J connectivity index is 4.88. The third-order valence-corrected chi connectivity index (χ3v) is 3.24. The fraction of sp³-hybridized carbons (Fsp3) is 0.846. The van der Waals surface area contributed by atoms with Gasteiger partial charge in [-0.3, -0.25) is 9.59 Å². The Morgan fingerprint density at radius 2 is 1.44 bits per heavy atom. The second-order valence-corrected chi connectivity index (χ2v) is 4.43. The fourth-order valence-electron chi connectivity index (χ4n) is 2.08. The normalized spacial score (nSPS) is 11.4. The molecule has 0 fully saturated rings. The number of amides is 1. The molecule has 0 atom stereocenters. The summed E-state index contributed by atoms with van der Waals surface area (Å²) < 4.78 is 0. The van der Waals surface area contributed by atoms with E-state index in [1.54, 1.807) is 6.92 Å². The number of carbonyl (C=O) groups excluding carboxylic acids is 2. The molecule has 0 aliphatic carbocycles. The molecular weight excluding hydrogens is 202 g/mol. The third-order valence-electron chi connectivity index (χ3n) is 3.24. The Hall–Kier alpha value is -0.860. The van der Waals surface area contributed by atoms with Gasteiger partial charge in [0.2, 0.25) is 5.91 Å². The van der Waals surface area contributed by atoms with Crippen molar-refractivity contribution in [1.82, 2.24) is 0 Å². The number of ketones is 1. The second kappa shape index (κ2) is 7.42. The topological polar surface area (TPSA) is 60.2 Å². The van der Waals surface area contributed by atoms with Gasteiger partial charge in [-0.2, -0.15) is 0 Å². The molecular formula is C13H25NO2. The molecule has 0 saturated heterocycles. The Kier molecular flexibility index (Phi) is 7.02. The van der Waals surface area contributed by atoms with Crippen LogP contribution in [0, 0.1) is 5.41 Å². The lowest BCUT2D eigenvalue weighted by Crippen LogP contribution is -2.43. The average molecular weight is 227 g/mol. The number of hydrogen-bond acceptors (Lipinski definition) is 2. The molecule has 0 aromatic rings. The first-order valence-corrected chi connectivity index (χ1v) is 6.38. The molecule has 0 heterocycles. The van der Waals surface area contributed by atoms with Crippen molar-refractivity contribution < 1.29 is 9.59 Å². The molecule has 0 unspecified atom stereocenters. The van der Waals surface area contributed by atoms with E-state index >= 15 is 0 Å². The molecule has 16 heavy (non-hydrogen) atoms. The maximum absolute atomic E-state index is 12.0. The van der Waals surface area contributed by atoms with Crippen LogP contribution in [0.15, 0.2) is 0 Å². The van der Waals surface area contributed by atoms with Gasteiger partial charge in [-0.1, -0.05) is 46.5 Å². The lowest BCUT2D eigenvalue weighted by Gasteiger charge is -2.28. The highest BCUT2D eigenvalue weighted by Gasteiger charge is 2.41. The van der Waals surface area contributed by atoms with E-state index in [1.807, 2.05) is 0 Å². The fourth-order valence-corrected chi connectivity index (χ4v) is 2.08. The molecule has 1 amide bonds. The monoisotopic (exact) mass is 227 g/mol. The lowest BCUT2D eigenvalue weighted by atomic mass is 9.73. The van der Waals surface area contributed by atoms with Gasteiger partial charge in [0, 0.05) is 6.42 Å². The molecule has 0 aliphatic rings. The van der Waals surface area contributed by atoms with Crippen molar-refractivity contribution in [2.75, 3.05) is 0 Å². The minimum absolute atomic E-state index is 0.0156. The molecule has 0 spiro atoms. The molecule has 0 aliphatic heterocycles. The van der Waals surface area contributed by atoms with Gasteiger partial charge < -0.3 is 5.73 Å². The van der Waals surface area contributed by atoms with Crippen molar-refractivity contribution in [1.29, 1.82) is 0 Å². The standard InChI is InChI=1S/C13H25NO2/c1-4-7-9-13(12(14)16,10-8-5-2)11(15)6-3/h4-10H2,1-3H3,(H2,14,16). The molecule has 94 valence electrons. The van der Waals surface area contributed by atoms with Crippen LogP contribution in [-0.2, 0) is 9.59 Å². The molecule has 0 saturated carbocycles. The predicted octanol–water partition coefficient (Wildman–Crippen LogP) is 2.82. The molecule has 3 nitrogen and oxygen atoms in total. The van der Waals surface area contributed by atoms with Crippen LogP contribution in [0.3, 0.4) is 0 Å². The van der Waals surface area contributed by atoms with Crippen LogP contribution in [0.5, 0.6) is 0 Å². The predicted molar refractivity (Wildman–Crippen MR) is 66.0 cm³/mol. The summed E-state index contributed by atoms with van der Waals surface area (Å²) in [5, 5.41) is 0. The maximum Gasteiger partial charge on any atom is 0.231 e. The van der Waals surface area contributed by atoms with E-state index in [-0.39, 0.29) is 5.78 Å². The van der Waals surface area contributed by atoms with Crippen molar-refractivity contribution in [3.8, 4) is 0 Å². The zero-order valence-corrected chi connectivity index (χ0v) is 10.8. The average Bonchev–Trinajstić information content (AvgIpc) is 2.28. The first-order chi connectivity index (χ1) is 7.55. The zero-order valence-electron chi connectivity index (χ0n) is 10.8. The Morgan fingerprint density at radius 3 is 1.69 bits per heavy atom. The third kappa shape index (κ3) is 3.62. The lowest BCUT2D eigenvalue weighted by molar-refractivity contribution is -0.141. The number of unbranched alkanes of at least 4 members (excludes halogenated alkanes) is 2. The minimum Gasteiger partial charge on any atom is -0.369 e. The van der Waals surface area contributed by atoms with Crippen LogP contribution < -0.4 is 5.73 Å².